The van der Waals surface area contributed by atoms with Gasteiger partial charge in [-0.2, -0.15) is 4.31 Å². The largest absolute Gasteiger partial charge is 0.497 e. The molecule has 30 heavy (non-hydrogen) atoms. The Labute approximate surface area is 171 Å². The highest BCUT2D eigenvalue weighted by molar-refractivity contribution is 7.89. The number of amides is 1. The number of hydrogen-bond acceptors (Lipinski definition) is 5. The standard InChI is InChI=1S/C19H19F3N2O5S/c1-28-13-9-12(10-14(11-13)29-2)19(25)23-5-7-24(8-6-23)30(26,27)16-4-3-15(20)17(21)18(16)22/h3-4,9-11H,5-8H2,1-2H3. The van der Waals surface area contributed by atoms with Crippen molar-refractivity contribution in [2.24, 2.45) is 0 Å². The van der Waals surface area contributed by atoms with Gasteiger partial charge >= 0.3 is 0 Å². The summed E-state index contributed by atoms with van der Waals surface area (Å²) < 4.78 is 77.1. The average molecular weight is 444 g/mol. The van der Waals surface area contributed by atoms with Crippen molar-refractivity contribution >= 4 is 15.9 Å². The molecule has 1 heterocycles. The van der Waals surface area contributed by atoms with Crippen LogP contribution in [0.3, 0.4) is 0 Å². The number of halogens is 3. The summed E-state index contributed by atoms with van der Waals surface area (Å²) in [6.07, 6.45) is 0. The van der Waals surface area contributed by atoms with Gasteiger partial charge in [0.1, 0.15) is 16.4 Å². The van der Waals surface area contributed by atoms with E-state index in [1.165, 1.54) is 31.3 Å². The Hall–Kier alpha value is -2.79. The van der Waals surface area contributed by atoms with Crippen molar-refractivity contribution in [2.45, 2.75) is 4.90 Å². The molecular weight excluding hydrogens is 425 g/mol. The molecule has 0 bridgehead atoms. The van der Waals surface area contributed by atoms with Crippen LogP contribution in [0.5, 0.6) is 11.5 Å². The number of benzene rings is 2. The Balaban J connectivity index is 1.76. The molecule has 0 N–H and O–H groups in total. The Kier molecular flexibility index (Phi) is 6.22. The maximum atomic E-state index is 14.0. The van der Waals surface area contributed by atoms with Crippen molar-refractivity contribution in [3.05, 3.63) is 53.3 Å². The molecule has 0 aromatic heterocycles. The van der Waals surface area contributed by atoms with Crippen LogP contribution in [0.2, 0.25) is 0 Å². The lowest BCUT2D eigenvalue weighted by atomic mass is 10.1. The van der Waals surface area contributed by atoms with Crippen LogP contribution >= 0.6 is 0 Å². The predicted molar refractivity (Wildman–Crippen MR) is 101 cm³/mol. The van der Waals surface area contributed by atoms with Crippen LogP contribution in [0.4, 0.5) is 13.2 Å². The molecule has 1 aliphatic rings. The zero-order valence-electron chi connectivity index (χ0n) is 16.2. The van der Waals surface area contributed by atoms with Gasteiger partial charge in [-0.15, -0.1) is 0 Å². The van der Waals surface area contributed by atoms with Crippen molar-refractivity contribution in [2.75, 3.05) is 40.4 Å². The zero-order chi connectivity index (χ0) is 22.1. The van der Waals surface area contributed by atoms with E-state index in [0.29, 0.717) is 29.2 Å². The molecular formula is C19H19F3N2O5S. The van der Waals surface area contributed by atoms with Gasteiger partial charge in [0.2, 0.25) is 10.0 Å². The molecule has 11 heteroatoms. The molecule has 0 atom stereocenters. The summed E-state index contributed by atoms with van der Waals surface area (Å²) >= 11 is 0. The lowest BCUT2D eigenvalue weighted by Crippen LogP contribution is -2.50. The van der Waals surface area contributed by atoms with E-state index in [-0.39, 0.29) is 32.1 Å². The topological polar surface area (TPSA) is 76.2 Å². The molecule has 1 aliphatic heterocycles. The quantitative estimate of drug-likeness (QED) is 0.662. The first-order valence-electron chi connectivity index (χ1n) is 8.85. The maximum absolute atomic E-state index is 14.0. The number of rotatable bonds is 5. The minimum atomic E-state index is -4.39. The highest BCUT2D eigenvalue weighted by Crippen LogP contribution is 2.26. The summed E-state index contributed by atoms with van der Waals surface area (Å²) in [5, 5.41) is 0. The third-order valence-electron chi connectivity index (χ3n) is 4.74. The summed E-state index contributed by atoms with van der Waals surface area (Å²) in [7, 11) is -1.50. The zero-order valence-corrected chi connectivity index (χ0v) is 17.0. The van der Waals surface area contributed by atoms with Gasteiger partial charge in [-0.25, -0.2) is 21.6 Å². The van der Waals surface area contributed by atoms with Crippen LogP contribution in [0.1, 0.15) is 10.4 Å². The minimum absolute atomic E-state index is 0.0306. The average Bonchev–Trinajstić information content (AvgIpc) is 2.76. The number of sulfonamides is 1. The molecule has 0 saturated carbocycles. The molecule has 1 fully saturated rings. The number of carbonyl (C=O) groups excluding carboxylic acids is 1. The third kappa shape index (κ3) is 4.08. The predicted octanol–water partition coefficient (Wildman–Crippen LogP) is 2.27. The second-order valence-corrected chi connectivity index (χ2v) is 8.38. The summed E-state index contributed by atoms with van der Waals surface area (Å²) in [4.78, 5) is 13.3. The first kappa shape index (κ1) is 21.9. The van der Waals surface area contributed by atoms with Crippen LogP contribution in [-0.2, 0) is 10.0 Å². The van der Waals surface area contributed by atoms with E-state index in [1.54, 1.807) is 6.07 Å². The van der Waals surface area contributed by atoms with E-state index in [1.807, 2.05) is 0 Å². The van der Waals surface area contributed by atoms with E-state index in [4.69, 9.17) is 9.47 Å². The van der Waals surface area contributed by atoms with Crippen LogP contribution in [0.15, 0.2) is 35.2 Å². The van der Waals surface area contributed by atoms with Gasteiger partial charge in [-0.05, 0) is 24.3 Å². The summed E-state index contributed by atoms with van der Waals surface area (Å²) in [6.45, 7) is -0.201. The normalized spacial score (nSPS) is 15.2. The maximum Gasteiger partial charge on any atom is 0.254 e. The van der Waals surface area contributed by atoms with Crippen LogP contribution in [0.25, 0.3) is 0 Å². The second-order valence-electron chi connectivity index (χ2n) is 6.47. The van der Waals surface area contributed by atoms with E-state index >= 15 is 0 Å². The van der Waals surface area contributed by atoms with Gasteiger partial charge < -0.3 is 14.4 Å². The molecule has 1 saturated heterocycles. The Bertz CT molecular complexity index is 1050. The van der Waals surface area contributed by atoms with Gasteiger partial charge in [0.25, 0.3) is 5.91 Å². The first-order valence-corrected chi connectivity index (χ1v) is 10.3. The molecule has 0 radical (unpaired) electrons. The van der Waals surface area contributed by atoms with E-state index in [0.717, 1.165) is 4.31 Å². The smallest absolute Gasteiger partial charge is 0.254 e. The molecule has 3 rings (SSSR count). The summed E-state index contributed by atoms with van der Waals surface area (Å²) in [6, 6.07) is 5.91. The first-order chi connectivity index (χ1) is 14.2. The highest BCUT2D eigenvalue weighted by atomic mass is 32.2. The third-order valence-corrected chi connectivity index (χ3v) is 6.66. The van der Waals surface area contributed by atoms with Gasteiger partial charge in [0.05, 0.1) is 14.2 Å². The van der Waals surface area contributed by atoms with Gasteiger partial charge in [-0.1, -0.05) is 0 Å². The van der Waals surface area contributed by atoms with Crippen LogP contribution in [-0.4, -0.2) is 63.9 Å². The molecule has 2 aromatic carbocycles. The summed E-state index contributed by atoms with van der Waals surface area (Å²) in [5.41, 5.74) is 0.300. The van der Waals surface area contributed by atoms with E-state index in [2.05, 4.69) is 0 Å². The van der Waals surface area contributed by atoms with E-state index < -0.39 is 32.4 Å². The summed E-state index contributed by atoms with van der Waals surface area (Å²) in [5.74, 6) is -4.60. The molecule has 0 aliphatic carbocycles. The fraction of sp³-hybridized carbons (Fsp3) is 0.316. The van der Waals surface area contributed by atoms with Crippen molar-refractivity contribution in [3.8, 4) is 11.5 Å². The number of ether oxygens (including phenoxy) is 2. The molecule has 0 spiro atoms. The number of carbonyl (C=O) groups is 1. The van der Waals surface area contributed by atoms with Crippen LogP contribution in [0, 0.1) is 17.5 Å². The fourth-order valence-electron chi connectivity index (χ4n) is 3.09. The second kappa shape index (κ2) is 8.52. The molecule has 2 aromatic rings. The SMILES string of the molecule is COc1cc(OC)cc(C(=O)N2CCN(S(=O)(=O)c3ccc(F)c(F)c3F)CC2)c1. The van der Waals surface area contributed by atoms with Crippen molar-refractivity contribution < 1.29 is 35.9 Å². The van der Waals surface area contributed by atoms with Crippen molar-refractivity contribution in [1.82, 2.24) is 9.21 Å². The number of hydrogen-bond donors (Lipinski definition) is 0. The van der Waals surface area contributed by atoms with Crippen LogP contribution < -0.4 is 9.47 Å². The fourth-order valence-corrected chi connectivity index (χ4v) is 4.57. The molecule has 162 valence electrons. The number of nitrogens with zero attached hydrogens (tertiary/aromatic N) is 2. The monoisotopic (exact) mass is 444 g/mol. The number of methoxy groups -OCH3 is 2. The Morgan fingerprint density at radius 3 is 2.00 bits per heavy atom. The minimum Gasteiger partial charge on any atom is -0.497 e. The van der Waals surface area contributed by atoms with Crippen molar-refractivity contribution in [3.63, 3.8) is 0 Å². The number of piperazine rings is 1. The van der Waals surface area contributed by atoms with Gasteiger partial charge in [-0.3, -0.25) is 4.79 Å². The van der Waals surface area contributed by atoms with E-state index in [9.17, 15) is 26.4 Å². The van der Waals surface area contributed by atoms with Gasteiger partial charge in [0, 0.05) is 37.8 Å². The lowest BCUT2D eigenvalue weighted by Gasteiger charge is -2.34. The van der Waals surface area contributed by atoms with Gasteiger partial charge in [0.15, 0.2) is 17.5 Å². The van der Waals surface area contributed by atoms with Crippen molar-refractivity contribution in [1.29, 1.82) is 0 Å². The highest BCUT2D eigenvalue weighted by Gasteiger charge is 2.33. The molecule has 0 unspecified atom stereocenters. The molecule has 7 nitrogen and oxygen atoms in total. The Morgan fingerprint density at radius 1 is 0.900 bits per heavy atom. The lowest BCUT2D eigenvalue weighted by molar-refractivity contribution is 0.0697. The molecule has 1 amide bonds. The Morgan fingerprint density at radius 2 is 1.47 bits per heavy atom.